The highest BCUT2D eigenvalue weighted by Crippen LogP contribution is 2.31. The Kier molecular flexibility index (Phi) is 5.62. The number of carbonyl (C=O) groups excluding carboxylic acids is 1. The van der Waals surface area contributed by atoms with Crippen LogP contribution in [0.25, 0.3) is 0 Å². The van der Waals surface area contributed by atoms with Gasteiger partial charge in [0.25, 0.3) is 6.43 Å². The number of hydrogen-bond acceptors (Lipinski definition) is 5. The maximum Gasteiger partial charge on any atom is 0.311 e. The summed E-state index contributed by atoms with van der Waals surface area (Å²) in [6, 6.07) is 0. The monoisotopic (exact) mass is 274 g/mol. The third-order valence-corrected chi connectivity index (χ3v) is 2.53. The smallest absolute Gasteiger partial charge is 0.311 e. The SMILES string of the molecule is CCOC(=O)Cc1ncc(OC)c(CN)c1C(F)F. The second-order valence-electron chi connectivity index (χ2n) is 3.65. The Balaban J connectivity index is 3.20. The Labute approximate surface area is 109 Å². The van der Waals surface area contributed by atoms with E-state index in [0.29, 0.717) is 0 Å². The number of alkyl halides is 2. The fourth-order valence-corrected chi connectivity index (χ4v) is 1.72. The second kappa shape index (κ2) is 6.98. The molecule has 1 rings (SSSR count). The van der Waals surface area contributed by atoms with Crippen LogP contribution in [-0.4, -0.2) is 24.7 Å². The fraction of sp³-hybridized carbons (Fsp3) is 0.500. The summed E-state index contributed by atoms with van der Waals surface area (Å²) in [5.74, 6) is -0.421. The van der Waals surface area contributed by atoms with Crippen LogP contribution < -0.4 is 10.5 Å². The molecule has 2 N–H and O–H groups in total. The van der Waals surface area contributed by atoms with Crippen molar-refractivity contribution in [2.45, 2.75) is 26.3 Å². The van der Waals surface area contributed by atoms with E-state index in [9.17, 15) is 13.6 Å². The predicted octanol–water partition coefficient (Wildman–Crippen LogP) is 1.59. The number of rotatable bonds is 6. The fourth-order valence-electron chi connectivity index (χ4n) is 1.72. The molecule has 1 heterocycles. The Morgan fingerprint density at radius 3 is 2.68 bits per heavy atom. The van der Waals surface area contributed by atoms with Crippen molar-refractivity contribution < 1.29 is 23.0 Å². The molecular weight excluding hydrogens is 258 g/mol. The number of nitrogens with two attached hydrogens (primary N) is 1. The first-order valence-corrected chi connectivity index (χ1v) is 5.73. The highest BCUT2D eigenvalue weighted by molar-refractivity contribution is 5.72. The largest absolute Gasteiger partial charge is 0.495 e. The van der Waals surface area contributed by atoms with Gasteiger partial charge < -0.3 is 15.2 Å². The predicted molar refractivity (Wildman–Crippen MR) is 64.0 cm³/mol. The molecule has 0 spiro atoms. The van der Waals surface area contributed by atoms with Crippen LogP contribution >= 0.6 is 0 Å². The van der Waals surface area contributed by atoms with E-state index in [-0.39, 0.29) is 42.1 Å². The van der Waals surface area contributed by atoms with Gasteiger partial charge in [-0.15, -0.1) is 0 Å². The lowest BCUT2D eigenvalue weighted by molar-refractivity contribution is -0.142. The lowest BCUT2D eigenvalue weighted by atomic mass is 10.0. The Morgan fingerprint density at radius 2 is 2.21 bits per heavy atom. The molecule has 0 unspecified atom stereocenters. The molecule has 0 fully saturated rings. The number of nitrogens with zero attached hydrogens (tertiary/aromatic N) is 1. The van der Waals surface area contributed by atoms with Crippen LogP contribution in [0, 0.1) is 0 Å². The molecule has 19 heavy (non-hydrogen) atoms. The van der Waals surface area contributed by atoms with Gasteiger partial charge in [-0.05, 0) is 6.92 Å². The summed E-state index contributed by atoms with van der Waals surface area (Å²) in [6.07, 6.45) is -1.82. The number of methoxy groups -OCH3 is 1. The van der Waals surface area contributed by atoms with Crippen LogP contribution in [0.5, 0.6) is 5.75 Å². The Morgan fingerprint density at radius 1 is 1.53 bits per heavy atom. The Bertz CT molecular complexity index is 453. The summed E-state index contributed by atoms with van der Waals surface area (Å²) in [7, 11) is 1.34. The van der Waals surface area contributed by atoms with Gasteiger partial charge in [-0.25, -0.2) is 8.78 Å². The minimum absolute atomic E-state index is 0.0327. The van der Waals surface area contributed by atoms with Gasteiger partial charge in [0.1, 0.15) is 5.75 Å². The molecule has 0 amide bonds. The molecule has 0 aliphatic heterocycles. The summed E-state index contributed by atoms with van der Waals surface area (Å²) < 4.78 is 35.9. The minimum atomic E-state index is -2.79. The zero-order valence-corrected chi connectivity index (χ0v) is 10.8. The molecule has 0 saturated carbocycles. The average Bonchev–Trinajstić information content (AvgIpc) is 2.37. The molecule has 7 heteroatoms. The van der Waals surface area contributed by atoms with Crippen molar-refractivity contribution in [2.75, 3.05) is 13.7 Å². The van der Waals surface area contributed by atoms with Crippen molar-refractivity contribution in [3.63, 3.8) is 0 Å². The van der Waals surface area contributed by atoms with E-state index in [1.807, 2.05) is 0 Å². The van der Waals surface area contributed by atoms with Crippen molar-refractivity contribution in [1.29, 1.82) is 0 Å². The molecule has 0 saturated heterocycles. The van der Waals surface area contributed by atoms with Gasteiger partial charge in [0.05, 0.1) is 32.0 Å². The van der Waals surface area contributed by atoms with E-state index in [2.05, 4.69) is 4.98 Å². The molecule has 0 bridgehead atoms. The van der Waals surface area contributed by atoms with Crippen molar-refractivity contribution in [3.8, 4) is 5.75 Å². The highest BCUT2D eigenvalue weighted by Gasteiger charge is 2.23. The lowest BCUT2D eigenvalue weighted by Gasteiger charge is -2.15. The number of carbonyl (C=O) groups is 1. The van der Waals surface area contributed by atoms with Crippen LogP contribution in [0.1, 0.15) is 30.2 Å². The maximum absolute atomic E-state index is 13.1. The number of ether oxygens (including phenoxy) is 2. The van der Waals surface area contributed by atoms with Crippen LogP contribution in [0.15, 0.2) is 6.20 Å². The van der Waals surface area contributed by atoms with E-state index < -0.39 is 12.4 Å². The van der Waals surface area contributed by atoms with E-state index in [4.69, 9.17) is 15.2 Å². The molecule has 1 aromatic rings. The van der Waals surface area contributed by atoms with Gasteiger partial charge >= 0.3 is 5.97 Å². The molecule has 5 nitrogen and oxygen atoms in total. The van der Waals surface area contributed by atoms with Crippen molar-refractivity contribution in [2.24, 2.45) is 5.73 Å². The van der Waals surface area contributed by atoms with Crippen molar-refractivity contribution >= 4 is 5.97 Å². The van der Waals surface area contributed by atoms with Crippen molar-refractivity contribution in [3.05, 3.63) is 23.0 Å². The summed E-state index contributed by atoms with van der Waals surface area (Å²) in [4.78, 5) is 15.2. The first kappa shape index (κ1) is 15.3. The lowest BCUT2D eigenvalue weighted by Crippen LogP contribution is -2.14. The first-order valence-electron chi connectivity index (χ1n) is 5.73. The second-order valence-corrected chi connectivity index (χ2v) is 3.65. The topological polar surface area (TPSA) is 74.4 Å². The summed E-state index contributed by atoms with van der Waals surface area (Å²) in [5, 5.41) is 0. The van der Waals surface area contributed by atoms with E-state index >= 15 is 0 Å². The number of aromatic nitrogens is 1. The zero-order valence-electron chi connectivity index (χ0n) is 10.8. The molecule has 0 atom stereocenters. The van der Waals surface area contributed by atoms with Gasteiger partial charge in [-0.1, -0.05) is 0 Å². The van der Waals surface area contributed by atoms with Crippen LogP contribution in [0.4, 0.5) is 8.78 Å². The van der Waals surface area contributed by atoms with Gasteiger partial charge in [0.15, 0.2) is 0 Å². The quantitative estimate of drug-likeness (QED) is 0.797. The van der Waals surface area contributed by atoms with Gasteiger partial charge in [0.2, 0.25) is 0 Å². The summed E-state index contributed by atoms with van der Waals surface area (Å²) >= 11 is 0. The highest BCUT2D eigenvalue weighted by atomic mass is 19.3. The molecule has 0 radical (unpaired) electrons. The average molecular weight is 274 g/mol. The van der Waals surface area contributed by atoms with Gasteiger partial charge in [-0.3, -0.25) is 9.78 Å². The van der Waals surface area contributed by atoms with E-state index in [0.717, 1.165) is 0 Å². The van der Waals surface area contributed by atoms with E-state index in [1.54, 1.807) is 6.92 Å². The zero-order chi connectivity index (χ0) is 14.4. The normalized spacial score (nSPS) is 10.6. The number of esters is 1. The number of halogens is 2. The van der Waals surface area contributed by atoms with Crippen LogP contribution in [-0.2, 0) is 22.5 Å². The number of pyridine rings is 1. The van der Waals surface area contributed by atoms with Crippen LogP contribution in [0.3, 0.4) is 0 Å². The van der Waals surface area contributed by atoms with E-state index in [1.165, 1.54) is 13.3 Å². The molecule has 1 aromatic heterocycles. The molecule has 0 aromatic carbocycles. The minimum Gasteiger partial charge on any atom is -0.495 e. The molecule has 106 valence electrons. The Hall–Kier alpha value is -1.76. The van der Waals surface area contributed by atoms with Crippen molar-refractivity contribution in [1.82, 2.24) is 4.98 Å². The van der Waals surface area contributed by atoms with Gasteiger partial charge in [-0.2, -0.15) is 0 Å². The summed E-state index contributed by atoms with van der Waals surface area (Å²) in [6.45, 7) is 1.70. The van der Waals surface area contributed by atoms with Crippen LogP contribution in [0.2, 0.25) is 0 Å². The third-order valence-electron chi connectivity index (χ3n) is 2.53. The van der Waals surface area contributed by atoms with Gasteiger partial charge in [0, 0.05) is 17.7 Å². The molecule has 0 aliphatic rings. The third kappa shape index (κ3) is 3.60. The maximum atomic E-state index is 13.1. The standard InChI is InChI=1S/C12H16F2N2O3/c1-3-19-10(17)4-8-11(12(13)14)7(5-15)9(18-2)6-16-8/h6,12H,3-5,15H2,1-2H3. The molecular formula is C12H16F2N2O3. The number of hydrogen-bond donors (Lipinski definition) is 1. The molecule has 0 aliphatic carbocycles. The first-order chi connectivity index (χ1) is 9.04. The summed E-state index contributed by atoms with van der Waals surface area (Å²) in [5.41, 5.74) is 5.24.